The van der Waals surface area contributed by atoms with Crippen molar-refractivity contribution in [2.75, 3.05) is 6.54 Å². The third-order valence-electron chi connectivity index (χ3n) is 5.82. The number of fused-ring (bicyclic) bond motifs is 1. The van der Waals surface area contributed by atoms with Gasteiger partial charge in [-0.15, -0.1) is 10.2 Å². The van der Waals surface area contributed by atoms with Gasteiger partial charge in [-0.1, -0.05) is 54.2 Å². The standard InChI is InChI=1S/C25H24N4O2S/c1-17-22(13-15-31-17)23-26-27-25(29(23)21-10-4-3-5-11-21)32-18(2)24(30)28-14-12-19-8-6-7-9-20(19)16-28/h3-11,13,15,18H,12,14,16H2,1-2H3/t18-/m0/s1. The number of carbonyl (C=O) groups excluding carboxylic acids is 1. The fourth-order valence-electron chi connectivity index (χ4n) is 4.10. The van der Waals surface area contributed by atoms with Crippen LogP contribution in [0.3, 0.4) is 0 Å². The molecule has 1 amide bonds. The Morgan fingerprint density at radius 1 is 1.03 bits per heavy atom. The van der Waals surface area contributed by atoms with Crippen molar-refractivity contribution in [3.8, 4) is 17.1 Å². The average molecular weight is 445 g/mol. The minimum absolute atomic E-state index is 0.119. The summed E-state index contributed by atoms with van der Waals surface area (Å²) in [4.78, 5) is 15.2. The average Bonchev–Trinajstić information content (AvgIpc) is 3.44. The van der Waals surface area contributed by atoms with Crippen molar-refractivity contribution < 1.29 is 9.21 Å². The van der Waals surface area contributed by atoms with E-state index in [1.165, 1.54) is 22.9 Å². The largest absolute Gasteiger partial charge is 0.469 e. The molecule has 0 N–H and O–H groups in total. The van der Waals surface area contributed by atoms with Gasteiger partial charge >= 0.3 is 0 Å². The molecule has 0 unspecified atom stereocenters. The summed E-state index contributed by atoms with van der Waals surface area (Å²) in [6.07, 6.45) is 2.55. The van der Waals surface area contributed by atoms with Gasteiger partial charge in [-0.25, -0.2) is 0 Å². The molecule has 0 aliphatic carbocycles. The van der Waals surface area contributed by atoms with E-state index in [1.807, 2.05) is 65.8 Å². The molecule has 32 heavy (non-hydrogen) atoms. The second-order valence-electron chi connectivity index (χ2n) is 7.91. The SMILES string of the molecule is Cc1occc1-c1nnc(S[C@@H](C)C(=O)N2CCc3ccccc3C2)n1-c1ccccc1. The Hall–Kier alpha value is -3.32. The molecule has 1 aliphatic rings. The van der Waals surface area contributed by atoms with E-state index in [-0.39, 0.29) is 11.2 Å². The van der Waals surface area contributed by atoms with Crippen LogP contribution in [0.2, 0.25) is 0 Å². The monoisotopic (exact) mass is 444 g/mol. The molecule has 1 aliphatic heterocycles. The van der Waals surface area contributed by atoms with E-state index in [9.17, 15) is 4.79 Å². The van der Waals surface area contributed by atoms with Crippen molar-refractivity contribution in [3.05, 3.63) is 83.8 Å². The molecular formula is C25H24N4O2S. The summed E-state index contributed by atoms with van der Waals surface area (Å²) in [6.45, 7) is 5.25. The molecule has 4 aromatic rings. The van der Waals surface area contributed by atoms with Crippen LogP contribution in [-0.4, -0.2) is 37.4 Å². The molecule has 7 heteroatoms. The molecule has 0 bridgehead atoms. The first-order chi connectivity index (χ1) is 15.6. The molecule has 5 rings (SSSR count). The van der Waals surface area contributed by atoms with Crippen molar-refractivity contribution in [1.82, 2.24) is 19.7 Å². The Labute approximate surface area is 191 Å². The summed E-state index contributed by atoms with van der Waals surface area (Å²) >= 11 is 1.44. The number of para-hydroxylation sites is 1. The fraction of sp³-hybridized carbons (Fsp3) is 0.240. The van der Waals surface area contributed by atoms with Crippen LogP contribution < -0.4 is 0 Å². The molecule has 3 heterocycles. The molecule has 0 spiro atoms. The number of rotatable bonds is 5. The number of amides is 1. The normalized spacial score (nSPS) is 14.2. The first kappa shape index (κ1) is 20.6. The van der Waals surface area contributed by atoms with Gasteiger partial charge in [-0.2, -0.15) is 0 Å². The zero-order valence-electron chi connectivity index (χ0n) is 18.1. The smallest absolute Gasteiger partial charge is 0.236 e. The van der Waals surface area contributed by atoms with Crippen molar-refractivity contribution in [2.45, 2.75) is 37.2 Å². The molecule has 162 valence electrons. The Kier molecular flexibility index (Phi) is 5.57. The maximum atomic E-state index is 13.3. The molecule has 1 atom stereocenters. The lowest BCUT2D eigenvalue weighted by molar-refractivity contribution is -0.131. The molecule has 0 radical (unpaired) electrons. The highest BCUT2D eigenvalue weighted by Gasteiger charge is 2.28. The van der Waals surface area contributed by atoms with E-state index in [4.69, 9.17) is 4.42 Å². The first-order valence-corrected chi connectivity index (χ1v) is 11.6. The quantitative estimate of drug-likeness (QED) is 0.410. The van der Waals surface area contributed by atoms with Gasteiger partial charge in [0.05, 0.1) is 17.1 Å². The van der Waals surface area contributed by atoms with Crippen LogP contribution in [0.1, 0.15) is 23.8 Å². The second-order valence-corrected chi connectivity index (χ2v) is 9.21. The number of hydrogen-bond acceptors (Lipinski definition) is 5. The Morgan fingerprint density at radius 3 is 2.53 bits per heavy atom. The molecular weight excluding hydrogens is 420 g/mol. The highest BCUT2D eigenvalue weighted by molar-refractivity contribution is 8.00. The number of aromatic nitrogens is 3. The van der Waals surface area contributed by atoms with Gasteiger partial charge in [0.1, 0.15) is 5.76 Å². The van der Waals surface area contributed by atoms with Crippen molar-refractivity contribution in [3.63, 3.8) is 0 Å². The van der Waals surface area contributed by atoms with E-state index < -0.39 is 0 Å². The summed E-state index contributed by atoms with van der Waals surface area (Å²) in [5, 5.41) is 9.31. The zero-order valence-corrected chi connectivity index (χ0v) is 18.9. The van der Waals surface area contributed by atoms with Gasteiger partial charge in [0.25, 0.3) is 0 Å². The predicted molar refractivity (Wildman–Crippen MR) is 125 cm³/mol. The van der Waals surface area contributed by atoms with Crippen molar-refractivity contribution in [2.24, 2.45) is 0 Å². The summed E-state index contributed by atoms with van der Waals surface area (Å²) in [7, 11) is 0. The van der Waals surface area contributed by atoms with E-state index >= 15 is 0 Å². The number of thioether (sulfide) groups is 1. The highest BCUT2D eigenvalue weighted by Crippen LogP contribution is 2.32. The maximum Gasteiger partial charge on any atom is 0.236 e. The maximum absolute atomic E-state index is 13.3. The van der Waals surface area contributed by atoms with Gasteiger partial charge in [-0.3, -0.25) is 9.36 Å². The summed E-state index contributed by atoms with van der Waals surface area (Å²) in [5.41, 5.74) is 4.40. The number of benzene rings is 2. The third kappa shape index (κ3) is 3.84. The predicted octanol–water partition coefficient (Wildman–Crippen LogP) is 4.90. The Balaban J connectivity index is 1.42. The van der Waals surface area contributed by atoms with Crippen molar-refractivity contribution >= 4 is 17.7 Å². The lowest BCUT2D eigenvalue weighted by Gasteiger charge is -2.30. The number of carbonyl (C=O) groups is 1. The number of furan rings is 1. The lowest BCUT2D eigenvalue weighted by Crippen LogP contribution is -2.40. The highest BCUT2D eigenvalue weighted by atomic mass is 32.2. The van der Waals surface area contributed by atoms with Crippen LogP contribution in [0, 0.1) is 6.92 Å². The molecule has 6 nitrogen and oxygen atoms in total. The van der Waals surface area contributed by atoms with E-state index in [0.717, 1.165) is 30.0 Å². The minimum atomic E-state index is -0.287. The van der Waals surface area contributed by atoms with Crippen LogP contribution in [-0.2, 0) is 17.8 Å². The zero-order chi connectivity index (χ0) is 22.1. The van der Waals surface area contributed by atoms with Crippen LogP contribution in [0.5, 0.6) is 0 Å². The van der Waals surface area contributed by atoms with Crippen LogP contribution >= 0.6 is 11.8 Å². The van der Waals surface area contributed by atoms with E-state index in [0.29, 0.717) is 17.5 Å². The molecule has 2 aromatic heterocycles. The van der Waals surface area contributed by atoms with Crippen LogP contribution in [0.25, 0.3) is 17.1 Å². The summed E-state index contributed by atoms with van der Waals surface area (Å²) in [6, 6.07) is 20.2. The molecule has 0 saturated heterocycles. The van der Waals surface area contributed by atoms with E-state index in [1.54, 1.807) is 6.26 Å². The van der Waals surface area contributed by atoms with Crippen LogP contribution in [0.4, 0.5) is 0 Å². The van der Waals surface area contributed by atoms with Gasteiger partial charge in [0, 0.05) is 18.8 Å². The first-order valence-electron chi connectivity index (χ1n) is 10.7. The van der Waals surface area contributed by atoms with Crippen molar-refractivity contribution in [1.29, 1.82) is 0 Å². The topological polar surface area (TPSA) is 64.2 Å². The summed E-state index contributed by atoms with van der Waals surface area (Å²) in [5.74, 6) is 1.60. The van der Waals surface area contributed by atoms with Crippen LogP contribution in [0.15, 0.2) is 76.5 Å². The van der Waals surface area contributed by atoms with E-state index in [2.05, 4.69) is 28.4 Å². The Bertz CT molecular complexity index is 1250. The number of nitrogens with zero attached hydrogens (tertiary/aromatic N) is 4. The number of aryl methyl sites for hydroxylation is 1. The second kappa shape index (κ2) is 8.67. The minimum Gasteiger partial charge on any atom is -0.469 e. The molecule has 0 fully saturated rings. The van der Waals surface area contributed by atoms with Gasteiger partial charge in [-0.05, 0) is 49.6 Å². The molecule has 0 saturated carbocycles. The number of hydrogen-bond donors (Lipinski definition) is 0. The molecule has 2 aromatic carbocycles. The fourth-order valence-corrected chi connectivity index (χ4v) is 5.05. The third-order valence-corrected chi connectivity index (χ3v) is 6.85. The lowest BCUT2D eigenvalue weighted by atomic mass is 10.00. The van der Waals surface area contributed by atoms with Gasteiger partial charge in [0.2, 0.25) is 5.91 Å². The Morgan fingerprint density at radius 2 is 1.78 bits per heavy atom. The summed E-state index contributed by atoms with van der Waals surface area (Å²) < 4.78 is 7.50. The van der Waals surface area contributed by atoms with Gasteiger partial charge in [0.15, 0.2) is 11.0 Å². The van der Waals surface area contributed by atoms with Gasteiger partial charge < -0.3 is 9.32 Å².